The number of carbonyl (C=O) groups excluding carboxylic acids is 1. The second kappa shape index (κ2) is 51.1. The van der Waals surface area contributed by atoms with Gasteiger partial charge in [-0.1, -0.05) is 0 Å². The Hall–Kier alpha value is -0.791. The van der Waals surface area contributed by atoms with Crippen LogP contribution in [0, 0.1) is 46.3 Å². The third-order valence-corrected chi connectivity index (χ3v) is 0.449. The van der Waals surface area contributed by atoms with E-state index in [2.05, 4.69) is 31.6 Å². The van der Waals surface area contributed by atoms with Crippen LogP contribution in [0.4, 0.5) is 0 Å². The Kier molecular flexibility index (Phi) is 99.5. The van der Waals surface area contributed by atoms with E-state index in [4.69, 9.17) is 14.0 Å². The summed E-state index contributed by atoms with van der Waals surface area (Å²) in [4.78, 5) is 10.0. The molecule has 0 fully saturated rings. The smallest absolute Gasteiger partial charge is 0.303 e. The first-order valence-corrected chi connectivity index (χ1v) is 2.83. The quantitative estimate of drug-likeness (QED) is 0.245. The normalized spacial score (nSPS) is 5.07. The van der Waals surface area contributed by atoms with E-state index in [0.717, 1.165) is 0 Å². The van der Waals surface area contributed by atoms with Crippen LogP contribution >= 0.6 is 0 Å². The van der Waals surface area contributed by atoms with Crippen molar-refractivity contribution in [3.8, 4) is 0 Å². The van der Waals surface area contributed by atoms with Crippen molar-refractivity contribution >= 4 is 5.97 Å². The van der Waals surface area contributed by atoms with Crippen LogP contribution in [0.1, 0.15) is 6.92 Å². The Labute approximate surface area is 100 Å². The largest absolute Gasteiger partial charge is 0.458 e. The monoisotopic (exact) mass is 252 g/mol. The predicted octanol–water partition coefficient (Wildman–Crippen LogP) is 0.839. The molecule has 0 heterocycles. The number of unbranched alkanes of at least 4 members (excludes halogenated alkanes) is 1. The van der Waals surface area contributed by atoms with Crippen LogP contribution in [0.15, 0.2) is 0 Å². The molecule has 0 aromatic carbocycles. The Morgan fingerprint density at radius 3 is 1.73 bits per heavy atom. The van der Waals surface area contributed by atoms with Gasteiger partial charge in [-0.15, -0.1) is 0 Å². The summed E-state index contributed by atoms with van der Waals surface area (Å²) in [5, 5.41) is 0. The van der Waals surface area contributed by atoms with Crippen molar-refractivity contribution < 1.29 is 40.6 Å². The third-order valence-electron chi connectivity index (χ3n) is 0.449. The van der Waals surface area contributed by atoms with Gasteiger partial charge in [-0.25, -0.2) is 0 Å². The van der Waals surface area contributed by atoms with E-state index in [-0.39, 0.29) is 23.0 Å². The van der Waals surface area contributed by atoms with Gasteiger partial charge in [0.15, 0.2) is 0 Å². The second-order valence-electron chi connectivity index (χ2n) is 1.17. The van der Waals surface area contributed by atoms with Crippen LogP contribution in [0.5, 0.6) is 0 Å². The van der Waals surface area contributed by atoms with Crippen molar-refractivity contribution in [3.63, 3.8) is 0 Å². The van der Waals surface area contributed by atoms with Gasteiger partial charge in [0.2, 0.25) is 0 Å². The second-order valence-corrected chi connectivity index (χ2v) is 1.17. The molecule has 0 spiro atoms. The third kappa shape index (κ3) is 93.7. The molecule has 0 amide bonds. The molecule has 0 bridgehead atoms. The van der Waals surface area contributed by atoms with Gasteiger partial charge >= 0.3 is 39.9 Å². The first-order chi connectivity index (χ1) is 6.77. The number of carbonyl (C=O) groups is 1. The fourth-order valence-corrected chi connectivity index (χ4v) is 0.191. The van der Waals surface area contributed by atoms with Crippen molar-refractivity contribution in [2.75, 3.05) is 0 Å². The SMILES string of the molecule is [C-]#[O+].[C-]#[O+].[C-]#[O+].[CH2][CH][CH][CH]OC(C)=O.[Fe]. The van der Waals surface area contributed by atoms with Crippen molar-refractivity contribution in [2.45, 2.75) is 6.92 Å². The Balaban J connectivity index is -0.0000000410. The molecule has 0 saturated carbocycles. The zero-order chi connectivity index (χ0) is 12.4. The molecule has 0 aliphatic carbocycles. The maximum Gasteiger partial charge on any atom is 0.303 e. The molecule has 0 aliphatic rings. The standard InChI is InChI=1S/C6H8O2.3CO.Fe/c1-3-4-5-8-6(2)7;3*1-2;/h3-5H,1H2,2H3;;;;. The van der Waals surface area contributed by atoms with Crippen molar-refractivity contribution in [1.82, 2.24) is 0 Å². The Bertz CT molecular complexity index is 147. The molecule has 0 saturated heterocycles. The van der Waals surface area contributed by atoms with Crippen LogP contribution in [-0.2, 0) is 40.6 Å². The van der Waals surface area contributed by atoms with E-state index in [1.165, 1.54) is 20.0 Å². The van der Waals surface area contributed by atoms with Gasteiger partial charge in [-0.3, -0.25) is 4.79 Å². The maximum absolute atomic E-state index is 10.0. The van der Waals surface area contributed by atoms with Crippen LogP contribution in [0.2, 0.25) is 0 Å². The van der Waals surface area contributed by atoms with E-state index < -0.39 is 0 Å². The number of esters is 1. The fourth-order valence-electron chi connectivity index (χ4n) is 0.191. The molecular weight excluding hydrogens is 244 g/mol. The van der Waals surface area contributed by atoms with E-state index in [9.17, 15) is 4.79 Å². The van der Waals surface area contributed by atoms with E-state index in [0.29, 0.717) is 0 Å². The van der Waals surface area contributed by atoms with Crippen molar-refractivity contribution in [2.24, 2.45) is 0 Å². The summed E-state index contributed by atoms with van der Waals surface area (Å²) < 4.78 is 26.9. The zero-order valence-electron chi connectivity index (χ0n) is 7.83. The first kappa shape index (κ1) is 29.2. The molecule has 0 atom stereocenters. The average molecular weight is 252 g/mol. The molecule has 0 N–H and O–H groups in total. The van der Waals surface area contributed by atoms with Crippen LogP contribution in [0.3, 0.4) is 0 Å². The van der Waals surface area contributed by atoms with Gasteiger partial charge in [-0.2, -0.15) is 0 Å². The zero-order valence-corrected chi connectivity index (χ0v) is 8.94. The Morgan fingerprint density at radius 2 is 1.53 bits per heavy atom. The van der Waals surface area contributed by atoms with E-state index in [1.807, 2.05) is 0 Å². The molecule has 0 unspecified atom stereocenters. The minimum Gasteiger partial charge on any atom is -0.458 e. The van der Waals surface area contributed by atoms with Gasteiger partial charge < -0.3 is 4.74 Å². The van der Waals surface area contributed by atoms with Gasteiger partial charge in [0.25, 0.3) is 0 Å². The number of hydrogen-bond donors (Lipinski definition) is 0. The van der Waals surface area contributed by atoms with E-state index >= 15 is 0 Å². The molecule has 0 aromatic rings. The Morgan fingerprint density at radius 1 is 1.20 bits per heavy atom. The van der Waals surface area contributed by atoms with Crippen LogP contribution in [0.25, 0.3) is 0 Å². The van der Waals surface area contributed by atoms with Crippen molar-refractivity contribution in [1.29, 1.82) is 0 Å². The molecule has 0 aromatic heterocycles. The van der Waals surface area contributed by atoms with Gasteiger partial charge in [0, 0.05) is 30.4 Å². The summed E-state index contributed by atoms with van der Waals surface area (Å²) in [6, 6.07) is 0. The summed E-state index contributed by atoms with van der Waals surface area (Å²) in [6.07, 6.45) is 3.07. The molecule has 4 radical (unpaired) electrons. The fraction of sp³-hybridized carbons (Fsp3) is 0.111. The summed E-state index contributed by atoms with van der Waals surface area (Å²) in [6.45, 7) is 19.5. The molecule has 0 rings (SSSR count). The number of rotatable bonds is 3. The molecule has 6 heteroatoms. The predicted molar refractivity (Wildman–Crippen MR) is 41.8 cm³/mol. The average Bonchev–Trinajstić information content (AvgIpc) is 2.27. The first-order valence-electron chi connectivity index (χ1n) is 2.83. The van der Waals surface area contributed by atoms with E-state index in [1.54, 1.807) is 6.42 Å². The summed E-state index contributed by atoms with van der Waals surface area (Å²) in [5.41, 5.74) is 0. The van der Waals surface area contributed by atoms with Gasteiger partial charge in [-0.05, 0) is 13.3 Å². The topological polar surface area (TPSA) is 86.0 Å². The van der Waals surface area contributed by atoms with Gasteiger partial charge in [0.1, 0.15) is 6.61 Å². The molecule has 82 valence electrons. The minimum atomic E-state index is -0.317. The van der Waals surface area contributed by atoms with Crippen molar-refractivity contribution in [3.05, 3.63) is 46.3 Å². The molecular formula is C9H8FeO5. The maximum atomic E-state index is 10.0. The van der Waals surface area contributed by atoms with Gasteiger partial charge in [0.05, 0.1) is 0 Å². The van der Waals surface area contributed by atoms with Crippen LogP contribution < -0.4 is 0 Å². The summed E-state index contributed by atoms with van der Waals surface area (Å²) in [5.74, 6) is -0.317. The molecule has 15 heavy (non-hydrogen) atoms. The number of ether oxygens (including phenoxy) is 1. The molecule has 0 aliphatic heterocycles. The van der Waals surface area contributed by atoms with Crippen LogP contribution in [-0.4, -0.2) is 5.97 Å². The minimum absolute atomic E-state index is 0. The molecule has 5 nitrogen and oxygen atoms in total. The summed E-state index contributed by atoms with van der Waals surface area (Å²) >= 11 is 0. The number of hydrogen-bond acceptors (Lipinski definition) is 2. The summed E-state index contributed by atoms with van der Waals surface area (Å²) in [7, 11) is 0.